The predicted octanol–water partition coefficient (Wildman–Crippen LogP) is 4.09. The highest BCUT2D eigenvalue weighted by molar-refractivity contribution is 6.31. The zero-order chi connectivity index (χ0) is 22.7. The van der Waals surface area contributed by atoms with Crippen LogP contribution in [-0.2, 0) is 17.9 Å². The number of aromatic nitrogens is 5. The number of fused-ring (bicyclic) bond motifs is 1. The average Bonchev–Trinajstić information content (AvgIpc) is 3.41. The number of hydrogen-bond acceptors (Lipinski definition) is 6. The van der Waals surface area contributed by atoms with Gasteiger partial charge in [-0.2, -0.15) is 15.1 Å². The lowest BCUT2D eigenvalue weighted by atomic mass is 10.1. The average molecular weight is 472 g/mol. The fourth-order valence-electron chi connectivity index (χ4n) is 3.84. The Morgan fingerprint density at radius 2 is 1.91 bits per heavy atom. The van der Waals surface area contributed by atoms with Gasteiger partial charge in [-0.25, -0.2) is 18.1 Å². The van der Waals surface area contributed by atoms with E-state index in [0.717, 1.165) is 30.7 Å². The maximum atomic E-state index is 14.2. The Hall–Kier alpha value is -3.37. The molecule has 0 amide bonds. The van der Waals surface area contributed by atoms with Gasteiger partial charge < -0.3 is 9.15 Å². The molecule has 0 radical (unpaired) electrons. The van der Waals surface area contributed by atoms with Crippen molar-refractivity contribution in [2.75, 3.05) is 6.61 Å². The zero-order valence-electron chi connectivity index (χ0n) is 17.1. The van der Waals surface area contributed by atoms with E-state index in [1.807, 2.05) is 0 Å². The topological polar surface area (TPSA) is 88.0 Å². The molecule has 0 bridgehead atoms. The first-order valence-electron chi connectivity index (χ1n) is 10.4. The summed E-state index contributed by atoms with van der Waals surface area (Å²) in [6.07, 6.45) is 3.53. The zero-order valence-corrected chi connectivity index (χ0v) is 17.9. The predicted molar refractivity (Wildman–Crippen MR) is 113 cm³/mol. The molecule has 0 saturated heterocycles. The second-order valence-corrected chi connectivity index (χ2v) is 8.38. The van der Waals surface area contributed by atoms with E-state index in [1.165, 1.54) is 4.57 Å². The lowest BCUT2D eigenvalue weighted by Gasteiger charge is -2.12. The molecule has 4 heterocycles. The molecule has 11 heteroatoms. The lowest BCUT2D eigenvalue weighted by Crippen LogP contribution is -2.22. The molecule has 3 aromatic heterocycles. The summed E-state index contributed by atoms with van der Waals surface area (Å²) in [4.78, 5) is 21.4. The van der Waals surface area contributed by atoms with Gasteiger partial charge in [0.05, 0.1) is 31.1 Å². The van der Waals surface area contributed by atoms with Gasteiger partial charge in [0.25, 0.3) is 0 Å². The SMILES string of the molecule is O=c1nc(C2CC2)ccn1-c1nc(-c2cc3n(n2)CCOC3)oc1-c1cc(F)c(Cl)c(F)c1. The molecule has 1 saturated carbocycles. The van der Waals surface area contributed by atoms with E-state index in [0.29, 0.717) is 37.1 Å². The number of halogens is 3. The van der Waals surface area contributed by atoms with Crippen LogP contribution in [0.4, 0.5) is 8.78 Å². The molecule has 1 aromatic carbocycles. The van der Waals surface area contributed by atoms with Gasteiger partial charge in [-0.05, 0) is 37.1 Å². The van der Waals surface area contributed by atoms with Crippen LogP contribution in [0.5, 0.6) is 0 Å². The third kappa shape index (κ3) is 3.55. The Balaban J connectivity index is 1.53. The highest BCUT2D eigenvalue weighted by Gasteiger charge is 2.27. The van der Waals surface area contributed by atoms with Crippen LogP contribution >= 0.6 is 11.6 Å². The monoisotopic (exact) mass is 471 g/mol. The molecule has 0 N–H and O–H groups in total. The number of hydrogen-bond donors (Lipinski definition) is 0. The third-order valence-corrected chi connectivity index (χ3v) is 6.05. The first-order valence-corrected chi connectivity index (χ1v) is 10.8. The number of rotatable bonds is 4. The second-order valence-electron chi connectivity index (χ2n) is 8.00. The molecule has 1 aliphatic heterocycles. The molecule has 1 fully saturated rings. The molecule has 0 spiro atoms. The van der Waals surface area contributed by atoms with Crippen molar-refractivity contribution in [2.45, 2.75) is 31.9 Å². The minimum Gasteiger partial charge on any atom is -0.432 e. The van der Waals surface area contributed by atoms with Crippen LogP contribution in [0.3, 0.4) is 0 Å². The first-order chi connectivity index (χ1) is 16.0. The fourth-order valence-corrected chi connectivity index (χ4v) is 3.95. The third-order valence-electron chi connectivity index (χ3n) is 5.68. The van der Waals surface area contributed by atoms with Gasteiger partial charge in [-0.15, -0.1) is 0 Å². The summed E-state index contributed by atoms with van der Waals surface area (Å²) < 4.78 is 42.8. The number of oxazole rings is 1. The lowest BCUT2D eigenvalue weighted by molar-refractivity contribution is 0.0801. The van der Waals surface area contributed by atoms with Gasteiger partial charge in [0.2, 0.25) is 5.89 Å². The van der Waals surface area contributed by atoms with E-state index in [4.69, 9.17) is 20.8 Å². The maximum absolute atomic E-state index is 14.2. The van der Waals surface area contributed by atoms with E-state index in [1.54, 1.807) is 23.0 Å². The van der Waals surface area contributed by atoms with Gasteiger partial charge in [-0.1, -0.05) is 11.6 Å². The van der Waals surface area contributed by atoms with E-state index in [9.17, 15) is 13.6 Å². The molecule has 33 heavy (non-hydrogen) atoms. The Morgan fingerprint density at radius 1 is 1.12 bits per heavy atom. The summed E-state index contributed by atoms with van der Waals surface area (Å²) in [5.41, 5.74) is 1.44. The van der Waals surface area contributed by atoms with Crippen molar-refractivity contribution in [1.29, 1.82) is 0 Å². The molecule has 0 unspecified atom stereocenters. The van der Waals surface area contributed by atoms with E-state index < -0.39 is 22.3 Å². The molecule has 1 aliphatic carbocycles. The molecule has 2 aliphatic rings. The Bertz CT molecular complexity index is 1410. The van der Waals surface area contributed by atoms with Crippen molar-refractivity contribution in [3.63, 3.8) is 0 Å². The van der Waals surface area contributed by atoms with Crippen molar-refractivity contribution in [3.05, 3.63) is 69.0 Å². The van der Waals surface area contributed by atoms with Crippen LogP contribution in [0, 0.1) is 11.6 Å². The van der Waals surface area contributed by atoms with Crippen LogP contribution in [0.1, 0.15) is 30.1 Å². The normalized spacial score (nSPS) is 15.6. The van der Waals surface area contributed by atoms with Crippen molar-refractivity contribution < 1.29 is 17.9 Å². The minimum absolute atomic E-state index is 0.00948. The van der Waals surface area contributed by atoms with Crippen molar-refractivity contribution in [2.24, 2.45) is 0 Å². The highest BCUT2D eigenvalue weighted by Crippen LogP contribution is 2.39. The summed E-state index contributed by atoms with van der Waals surface area (Å²) in [7, 11) is 0. The fraction of sp³-hybridized carbons (Fsp3) is 0.273. The maximum Gasteiger partial charge on any atom is 0.353 e. The Kier molecular flexibility index (Phi) is 4.66. The minimum atomic E-state index is -0.959. The van der Waals surface area contributed by atoms with Crippen molar-refractivity contribution in [3.8, 4) is 28.7 Å². The summed E-state index contributed by atoms with van der Waals surface area (Å²) in [5.74, 6) is -1.49. The summed E-state index contributed by atoms with van der Waals surface area (Å²) in [6, 6.07) is 5.57. The van der Waals surface area contributed by atoms with Crippen LogP contribution in [0.15, 0.2) is 39.7 Å². The Morgan fingerprint density at radius 3 is 2.61 bits per heavy atom. The van der Waals surface area contributed by atoms with Crippen LogP contribution in [-0.4, -0.2) is 30.9 Å². The van der Waals surface area contributed by atoms with Crippen molar-refractivity contribution in [1.82, 2.24) is 24.3 Å². The largest absolute Gasteiger partial charge is 0.432 e. The first kappa shape index (κ1) is 20.3. The highest BCUT2D eigenvalue weighted by atomic mass is 35.5. The van der Waals surface area contributed by atoms with E-state index in [2.05, 4.69) is 15.1 Å². The molecular formula is C22H16ClF2N5O3. The molecule has 4 aromatic rings. The summed E-state index contributed by atoms with van der Waals surface area (Å²) >= 11 is 5.65. The smallest absolute Gasteiger partial charge is 0.353 e. The summed E-state index contributed by atoms with van der Waals surface area (Å²) in [5, 5.41) is 3.86. The van der Waals surface area contributed by atoms with E-state index >= 15 is 0 Å². The Labute approximate surface area is 190 Å². The van der Waals surface area contributed by atoms with Crippen LogP contribution in [0.25, 0.3) is 28.7 Å². The molecule has 0 atom stereocenters. The van der Waals surface area contributed by atoms with Crippen molar-refractivity contribution >= 4 is 11.6 Å². The number of ether oxygens (including phenoxy) is 1. The van der Waals surface area contributed by atoms with Gasteiger partial charge in [-0.3, -0.25) is 4.68 Å². The van der Waals surface area contributed by atoms with Gasteiger partial charge in [0.1, 0.15) is 22.4 Å². The molecular weight excluding hydrogens is 456 g/mol. The van der Waals surface area contributed by atoms with Gasteiger partial charge >= 0.3 is 5.69 Å². The van der Waals surface area contributed by atoms with Crippen LogP contribution in [0.2, 0.25) is 5.02 Å². The van der Waals surface area contributed by atoms with Gasteiger partial charge in [0.15, 0.2) is 11.6 Å². The van der Waals surface area contributed by atoms with Gasteiger partial charge in [0, 0.05) is 17.7 Å². The molecule has 8 nitrogen and oxygen atoms in total. The summed E-state index contributed by atoms with van der Waals surface area (Å²) in [6.45, 7) is 1.51. The number of benzene rings is 1. The molecule has 168 valence electrons. The second kappa shape index (κ2) is 7.60. The standard InChI is InChI=1S/C22H16ClF2N5O3/c23-18-14(24)7-12(8-15(18)25)19-20(29-4-3-16(11-1-2-11)26-22(29)31)27-21(33-19)17-9-13-10-32-6-5-30(13)28-17/h3-4,7-9,11H,1-2,5-6,10H2. The van der Waals surface area contributed by atoms with Crippen LogP contribution < -0.4 is 5.69 Å². The molecule has 6 rings (SSSR count). The number of nitrogens with zero attached hydrogens (tertiary/aromatic N) is 5. The quantitative estimate of drug-likeness (QED) is 0.417. The van der Waals surface area contributed by atoms with E-state index in [-0.39, 0.29) is 23.0 Å².